The number of hydrogen-bond donors (Lipinski definition) is 1. The highest BCUT2D eigenvalue weighted by Crippen LogP contribution is 2.46. The molecule has 0 radical (unpaired) electrons. The highest BCUT2D eigenvalue weighted by molar-refractivity contribution is 6.31. The molecule has 3 aromatic rings. The van der Waals surface area contributed by atoms with Gasteiger partial charge in [0.15, 0.2) is 0 Å². The Balaban J connectivity index is 1.82. The van der Waals surface area contributed by atoms with Crippen molar-refractivity contribution in [1.29, 1.82) is 0 Å². The monoisotopic (exact) mass is 493 g/mol. The van der Waals surface area contributed by atoms with Crippen molar-refractivity contribution in [2.24, 2.45) is 5.41 Å². The molecule has 1 heterocycles. The van der Waals surface area contributed by atoms with E-state index in [1.807, 2.05) is 6.07 Å². The fourth-order valence-corrected chi connectivity index (χ4v) is 5.64. The Labute approximate surface area is 216 Å². The van der Waals surface area contributed by atoms with Gasteiger partial charge >= 0.3 is 0 Å². The summed E-state index contributed by atoms with van der Waals surface area (Å²) in [5, 5.41) is 10.5. The van der Waals surface area contributed by atoms with E-state index in [0.29, 0.717) is 5.02 Å². The Morgan fingerprint density at radius 1 is 1.09 bits per heavy atom. The lowest BCUT2D eigenvalue weighted by atomic mass is 9.75. The van der Waals surface area contributed by atoms with Gasteiger partial charge in [-0.15, -0.1) is 0 Å². The van der Waals surface area contributed by atoms with Gasteiger partial charge in [0.2, 0.25) is 0 Å². The second-order valence-electron chi connectivity index (χ2n) is 10.8. The van der Waals surface area contributed by atoms with Gasteiger partial charge in [0, 0.05) is 23.7 Å². The van der Waals surface area contributed by atoms with Gasteiger partial charge in [-0.2, -0.15) is 0 Å². The Morgan fingerprint density at radius 3 is 2.51 bits per heavy atom. The van der Waals surface area contributed by atoms with Crippen molar-refractivity contribution < 1.29 is 5.11 Å². The van der Waals surface area contributed by atoms with Crippen LogP contribution in [0.1, 0.15) is 82.8 Å². The second-order valence-corrected chi connectivity index (χ2v) is 11.2. The molecule has 4 nitrogen and oxygen atoms in total. The van der Waals surface area contributed by atoms with E-state index >= 15 is 0 Å². The highest BCUT2D eigenvalue weighted by atomic mass is 35.5. The summed E-state index contributed by atoms with van der Waals surface area (Å²) in [6.07, 6.45) is 6.66. The first-order valence-electron chi connectivity index (χ1n) is 13.2. The lowest BCUT2D eigenvalue weighted by Crippen LogP contribution is -2.38. The summed E-state index contributed by atoms with van der Waals surface area (Å²) in [5.41, 5.74) is 5.06. The molecule has 1 unspecified atom stereocenters. The molecule has 0 aliphatic heterocycles. The number of imidazole rings is 1. The zero-order valence-electron chi connectivity index (χ0n) is 21.7. The third-order valence-corrected chi connectivity index (χ3v) is 7.56. The van der Waals surface area contributed by atoms with Gasteiger partial charge in [0.25, 0.3) is 0 Å². The van der Waals surface area contributed by atoms with Crippen molar-refractivity contribution in [3.63, 3.8) is 0 Å². The van der Waals surface area contributed by atoms with Crippen LogP contribution in [-0.2, 0) is 19.5 Å². The minimum absolute atomic E-state index is 0.165. The molecular formula is C30H40ClN3O. The zero-order chi connectivity index (χ0) is 25.0. The minimum atomic E-state index is 0.165. The van der Waals surface area contributed by atoms with Crippen LogP contribution in [-0.4, -0.2) is 26.1 Å². The van der Waals surface area contributed by atoms with Crippen molar-refractivity contribution in [1.82, 2.24) is 14.5 Å². The SMILES string of the molecule is CCCCN(Cc1ccc(O)cc1Cl)C1CC(C)(C)Cc2nc(-c3ccccc3)n(CCCC)c21. The average Bonchev–Trinajstić information content (AvgIpc) is 3.18. The number of hydrogen-bond acceptors (Lipinski definition) is 3. The molecule has 4 rings (SSSR count). The molecular weight excluding hydrogens is 454 g/mol. The molecule has 188 valence electrons. The van der Waals surface area contributed by atoms with Gasteiger partial charge in [-0.3, -0.25) is 4.90 Å². The number of nitrogens with zero attached hydrogens (tertiary/aromatic N) is 3. The van der Waals surface area contributed by atoms with E-state index in [9.17, 15) is 5.11 Å². The van der Waals surface area contributed by atoms with Crippen molar-refractivity contribution in [2.75, 3.05) is 6.54 Å². The zero-order valence-corrected chi connectivity index (χ0v) is 22.5. The summed E-state index contributed by atoms with van der Waals surface area (Å²) >= 11 is 6.58. The molecule has 35 heavy (non-hydrogen) atoms. The molecule has 2 aromatic carbocycles. The Hall–Kier alpha value is -2.30. The Kier molecular flexibility index (Phi) is 8.23. The lowest BCUT2D eigenvalue weighted by molar-refractivity contribution is 0.111. The van der Waals surface area contributed by atoms with Crippen LogP contribution in [0.5, 0.6) is 5.75 Å². The van der Waals surface area contributed by atoms with Crippen molar-refractivity contribution in [3.8, 4) is 17.1 Å². The van der Waals surface area contributed by atoms with E-state index in [1.165, 1.54) is 17.0 Å². The number of rotatable bonds is 10. The summed E-state index contributed by atoms with van der Waals surface area (Å²) in [6, 6.07) is 16.3. The molecule has 1 N–H and O–H groups in total. The largest absolute Gasteiger partial charge is 0.508 e. The maximum atomic E-state index is 9.88. The molecule has 1 aliphatic rings. The van der Waals surface area contributed by atoms with Crippen molar-refractivity contribution in [2.45, 2.75) is 85.4 Å². The second kappa shape index (κ2) is 11.2. The van der Waals surface area contributed by atoms with Crippen LogP contribution >= 0.6 is 11.6 Å². The summed E-state index contributed by atoms with van der Waals surface area (Å²) in [7, 11) is 0. The highest BCUT2D eigenvalue weighted by Gasteiger charge is 2.39. The predicted molar refractivity (Wildman–Crippen MR) is 146 cm³/mol. The molecule has 0 fully saturated rings. The third-order valence-electron chi connectivity index (χ3n) is 7.21. The fraction of sp³-hybridized carbons (Fsp3) is 0.500. The van der Waals surface area contributed by atoms with E-state index in [2.05, 4.69) is 67.5 Å². The summed E-state index contributed by atoms with van der Waals surface area (Å²) in [6.45, 7) is 12.0. The molecule has 0 amide bonds. The Bertz CT molecular complexity index is 1120. The standard InChI is InChI=1S/C30H40ClN3O/c1-5-7-16-33(21-23-14-15-24(35)18-25(23)31)27-20-30(3,4)19-26-28(27)34(17-8-6-2)29(32-26)22-12-10-9-11-13-22/h9-15,18,27,35H,5-8,16-17,19-21H2,1-4H3. The maximum Gasteiger partial charge on any atom is 0.140 e. The number of aromatic hydroxyl groups is 1. The van der Waals surface area contributed by atoms with Gasteiger partial charge in [-0.05, 0) is 55.3 Å². The van der Waals surface area contributed by atoms with Gasteiger partial charge < -0.3 is 9.67 Å². The van der Waals surface area contributed by atoms with Crippen LogP contribution in [0.3, 0.4) is 0 Å². The smallest absolute Gasteiger partial charge is 0.140 e. The molecule has 1 aromatic heterocycles. The third kappa shape index (κ3) is 5.92. The normalized spacial score (nSPS) is 17.0. The van der Waals surface area contributed by atoms with Crippen LogP contribution in [0.2, 0.25) is 5.02 Å². The van der Waals surface area contributed by atoms with Gasteiger partial charge in [0.05, 0.1) is 17.4 Å². The molecule has 0 saturated carbocycles. The minimum Gasteiger partial charge on any atom is -0.508 e. The van der Waals surface area contributed by atoms with Gasteiger partial charge in [-0.25, -0.2) is 4.98 Å². The number of benzene rings is 2. The molecule has 0 saturated heterocycles. The molecule has 0 spiro atoms. The number of unbranched alkanes of at least 4 members (excludes halogenated alkanes) is 2. The number of fused-ring (bicyclic) bond motifs is 1. The van der Waals surface area contributed by atoms with E-state index in [4.69, 9.17) is 16.6 Å². The van der Waals surface area contributed by atoms with Crippen LogP contribution in [0, 0.1) is 5.41 Å². The van der Waals surface area contributed by atoms with E-state index in [1.54, 1.807) is 12.1 Å². The van der Waals surface area contributed by atoms with Crippen molar-refractivity contribution in [3.05, 3.63) is 70.5 Å². The summed E-state index contributed by atoms with van der Waals surface area (Å²) < 4.78 is 2.52. The number of aromatic nitrogens is 2. The first-order valence-corrected chi connectivity index (χ1v) is 13.6. The topological polar surface area (TPSA) is 41.3 Å². The molecule has 0 bridgehead atoms. The average molecular weight is 494 g/mol. The van der Waals surface area contributed by atoms with Gasteiger partial charge in [0.1, 0.15) is 11.6 Å². The van der Waals surface area contributed by atoms with E-state index in [-0.39, 0.29) is 17.2 Å². The van der Waals surface area contributed by atoms with Gasteiger partial charge in [-0.1, -0.05) is 88.5 Å². The molecule has 5 heteroatoms. The number of phenols is 1. The maximum absolute atomic E-state index is 9.88. The molecule has 1 atom stereocenters. The van der Waals surface area contributed by atoms with Crippen LogP contribution in [0.4, 0.5) is 0 Å². The fourth-order valence-electron chi connectivity index (χ4n) is 5.40. The summed E-state index contributed by atoms with van der Waals surface area (Å²) in [4.78, 5) is 7.91. The number of halogens is 1. The first-order chi connectivity index (χ1) is 16.8. The Morgan fingerprint density at radius 2 is 1.83 bits per heavy atom. The predicted octanol–water partition coefficient (Wildman–Crippen LogP) is 8.03. The first kappa shape index (κ1) is 25.8. The van der Waals surface area contributed by atoms with E-state index < -0.39 is 0 Å². The molecule has 1 aliphatic carbocycles. The van der Waals surface area contributed by atoms with Crippen LogP contribution < -0.4 is 0 Å². The summed E-state index contributed by atoms with van der Waals surface area (Å²) in [5.74, 6) is 1.31. The van der Waals surface area contributed by atoms with Crippen molar-refractivity contribution >= 4 is 11.6 Å². The van der Waals surface area contributed by atoms with E-state index in [0.717, 1.165) is 69.5 Å². The van der Waals surface area contributed by atoms with Crippen LogP contribution in [0.15, 0.2) is 48.5 Å². The quantitative estimate of drug-likeness (QED) is 0.311. The number of phenolic OH excluding ortho intramolecular Hbond substituents is 1. The van der Waals surface area contributed by atoms with Crippen LogP contribution in [0.25, 0.3) is 11.4 Å². The lowest BCUT2D eigenvalue weighted by Gasteiger charge is -2.41.